The molecule has 0 spiro atoms. The maximum absolute atomic E-state index is 12.1. The van der Waals surface area contributed by atoms with E-state index < -0.39 is 5.91 Å². The van der Waals surface area contributed by atoms with Crippen molar-refractivity contribution in [3.63, 3.8) is 0 Å². The molecule has 0 unspecified atom stereocenters. The highest BCUT2D eigenvalue weighted by Gasteiger charge is 2.10. The van der Waals surface area contributed by atoms with Crippen LogP contribution in [0, 0.1) is 11.3 Å². The molecule has 0 aromatic heterocycles. The lowest BCUT2D eigenvalue weighted by Crippen LogP contribution is -2.13. The van der Waals surface area contributed by atoms with Crippen LogP contribution in [0.3, 0.4) is 0 Å². The third-order valence-corrected chi connectivity index (χ3v) is 2.87. The van der Waals surface area contributed by atoms with Crippen molar-refractivity contribution in [2.45, 2.75) is 0 Å². The number of nitrogens with zero attached hydrogens (tertiary/aromatic N) is 1. The zero-order valence-electron chi connectivity index (χ0n) is 11.9. The zero-order valence-corrected chi connectivity index (χ0v) is 11.9. The number of ether oxygens (including phenoxy) is 1. The third-order valence-electron chi connectivity index (χ3n) is 2.87. The van der Waals surface area contributed by atoms with E-state index in [9.17, 15) is 9.90 Å². The monoisotopic (exact) mass is 294 g/mol. The minimum absolute atomic E-state index is 0.0616. The summed E-state index contributed by atoms with van der Waals surface area (Å²) in [5.74, 6) is 0.145. The van der Waals surface area contributed by atoms with Gasteiger partial charge in [-0.05, 0) is 35.9 Å². The fraction of sp³-hybridized carbons (Fsp3) is 0.0588. The molecular formula is C17H14N2O3. The number of methoxy groups -OCH3 is 1. The first-order valence-corrected chi connectivity index (χ1v) is 6.48. The third kappa shape index (κ3) is 3.87. The van der Waals surface area contributed by atoms with Crippen LogP contribution in [0.25, 0.3) is 6.08 Å². The maximum atomic E-state index is 12.1. The summed E-state index contributed by atoms with van der Waals surface area (Å²) in [7, 11) is 1.53. The highest BCUT2D eigenvalue weighted by atomic mass is 16.5. The summed E-state index contributed by atoms with van der Waals surface area (Å²) in [6, 6.07) is 15.0. The molecule has 110 valence electrons. The summed E-state index contributed by atoms with van der Waals surface area (Å²) in [6.07, 6.45) is 1.41. The Labute approximate surface area is 128 Å². The van der Waals surface area contributed by atoms with Gasteiger partial charge in [-0.3, -0.25) is 4.79 Å². The highest BCUT2D eigenvalue weighted by molar-refractivity contribution is 6.09. The van der Waals surface area contributed by atoms with Crippen molar-refractivity contribution >= 4 is 17.7 Å². The molecule has 0 saturated heterocycles. The quantitative estimate of drug-likeness (QED) is 0.671. The Morgan fingerprint density at radius 1 is 1.27 bits per heavy atom. The number of nitrogens with one attached hydrogen (secondary N) is 1. The molecule has 0 aliphatic rings. The smallest absolute Gasteiger partial charge is 0.266 e. The Bertz CT molecular complexity index is 760. The number of carbonyl (C=O) groups excluding carboxylic acids is 1. The average molecular weight is 294 g/mol. The lowest BCUT2D eigenvalue weighted by atomic mass is 10.1. The van der Waals surface area contributed by atoms with Gasteiger partial charge in [0.25, 0.3) is 5.91 Å². The number of benzene rings is 2. The van der Waals surface area contributed by atoms with Crippen molar-refractivity contribution in [1.29, 1.82) is 5.26 Å². The number of nitriles is 1. The SMILES string of the molecule is COc1cccc(NC(=O)/C(C#N)=C/c2cccc(O)c2)c1. The van der Waals surface area contributed by atoms with Crippen LogP contribution in [0.5, 0.6) is 11.5 Å². The van der Waals surface area contributed by atoms with E-state index in [1.807, 2.05) is 6.07 Å². The molecular weight excluding hydrogens is 280 g/mol. The van der Waals surface area contributed by atoms with E-state index in [0.29, 0.717) is 17.0 Å². The van der Waals surface area contributed by atoms with Gasteiger partial charge in [0, 0.05) is 11.8 Å². The predicted octanol–water partition coefficient (Wildman–Crippen LogP) is 2.95. The Morgan fingerprint density at radius 2 is 2.05 bits per heavy atom. The molecule has 5 heteroatoms. The molecule has 0 aliphatic heterocycles. The van der Waals surface area contributed by atoms with Gasteiger partial charge in [0.2, 0.25) is 0 Å². The summed E-state index contributed by atoms with van der Waals surface area (Å²) in [4.78, 5) is 12.1. The van der Waals surface area contributed by atoms with Crippen LogP contribution < -0.4 is 10.1 Å². The number of carbonyl (C=O) groups is 1. The van der Waals surface area contributed by atoms with Crippen molar-refractivity contribution < 1.29 is 14.6 Å². The highest BCUT2D eigenvalue weighted by Crippen LogP contribution is 2.18. The maximum Gasteiger partial charge on any atom is 0.266 e. The fourth-order valence-corrected chi connectivity index (χ4v) is 1.83. The predicted molar refractivity (Wildman–Crippen MR) is 83.3 cm³/mol. The Kier molecular flexibility index (Phi) is 4.78. The summed E-state index contributed by atoms with van der Waals surface area (Å²) in [6.45, 7) is 0. The van der Waals surface area contributed by atoms with Crippen LogP contribution in [0.1, 0.15) is 5.56 Å². The second-order valence-corrected chi connectivity index (χ2v) is 4.45. The first-order chi connectivity index (χ1) is 10.6. The van der Waals surface area contributed by atoms with Crippen molar-refractivity contribution in [3.05, 3.63) is 59.7 Å². The van der Waals surface area contributed by atoms with E-state index in [-0.39, 0.29) is 11.3 Å². The molecule has 0 atom stereocenters. The fourth-order valence-electron chi connectivity index (χ4n) is 1.83. The molecule has 0 radical (unpaired) electrons. The summed E-state index contributed by atoms with van der Waals surface area (Å²) < 4.78 is 5.07. The number of rotatable bonds is 4. The minimum atomic E-state index is -0.529. The number of amides is 1. The molecule has 2 aromatic rings. The van der Waals surface area contributed by atoms with Crippen LogP contribution in [-0.4, -0.2) is 18.1 Å². The summed E-state index contributed by atoms with van der Waals surface area (Å²) in [5, 5.41) is 21.2. The molecule has 1 amide bonds. The number of hydrogen-bond donors (Lipinski definition) is 2. The molecule has 2 rings (SSSR count). The standard InChI is InChI=1S/C17H14N2O3/c1-22-16-7-3-5-14(10-16)19-17(21)13(11-18)8-12-4-2-6-15(20)9-12/h2-10,20H,1H3,(H,19,21)/b13-8+. The number of phenols is 1. The van der Waals surface area contributed by atoms with Crippen LogP contribution in [0.2, 0.25) is 0 Å². The molecule has 2 N–H and O–H groups in total. The molecule has 2 aromatic carbocycles. The van der Waals surface area contributed by atoms with E-state index >= 15 is 0 Å². The van der Waals surface area contributed by atoms with Crippen LogP contribution in [-0.2, 0) is 4.79 Å². The van der Waals surface area contributed by atoms with Crippen LogP contribution in [0.15, 0.2) is 54.1 Å². The molecule has 0 bridgehead atoms. The van der Waals surface area contributed by atoms with Crippen molar-refractivity contribution in [3.8, 4) is 17.6 Å². The summed E-state index contributed by atoms with van der Waals surface area (Å²) >= 11 is 0. The second-order valence-electron chi connectivity index (χ2n) is 4.45. The number of hydrogen-bond acceptors (Lipinski definition) is 4. The number of aromatic hydroxyl groups is 1. The average Bonchev–Trinajstić information content (AvgIpc) is 2.52. The zero-order chi connectivity index (χ0) is 15.9. The molecule has 0 fully saturated rings. The van der Waals surface area contributed by atoms with Crippen molar-refractivity contribution in [1.82, 2.24) is 0 Å². The largest absolute Gasteiger partial charge is 0.508 e. The van der Waals surface area contributed by atoms with E-state index in [2.05, 4.69) is 5.32 Å². The van der Waals surface area contributed by atoms with Gasteiger partial charge in [-0.15, -0.1) is 0 Å². The lowest BCUT2D eigenvalue weighted by Gasteiger charge is -2.06. The van der Waals surface area contributed by atoms with E-state index in [1.165, 1.54) is 25.3 Å². The van der Waals surface area contributed by atoms with Gasteiger partial charge < -0.3 is 15.2 Å². The Hall–Kier alpha value is -3.26. The Morgan fingerprint density at radius 3 is 2.73 bits per heavy atom. The van der Waals surface area contributed by atoms with E-state index in [0.717, 1.165) is 0 Å². The molecule has 0 aliphatic carbocycles. The molecule has 0 saturated carbocycles. The van der Waals surface area contributed by atoms with Gasteiger partial charge in [0.05, 0.1) is 7.11 Å². The van der Waals surface area contributed by atoms with Crippen LogP contribution >= 0.6 is 0 Å². The van der Waals surface area contributed by atoms with Gasteiger partial charge in [-0.25, -0.2) is 0 Å². The molecule has 5 nitrogen and oxygen atoms in total. The van der Waals surface area contributed by atoms with E-state index in [4.69, 9.17) is 10.00 Å². The van der Waals surface area contributed by atoms with Gasteiger partial charge in [-0.2, -0.15) is 5.26 Å². The lowest BCUT2D eigenvalue weighted by molar-refractivity contribution is -0.112. The topological polar surface area (TPSA) is 82.3 Å². The minimum Gasteiger partial charge on any atom is -0.508 e. The number of anilines is 1. The normalized spacial score (nSPS) is 10.6. The summed E-state index contributed by atoms with van der Waals surface area (Å²) in [5.41, 5.74) is 1.03. The Balaban J connectivity index is 2.20. The molecule has 0 heterocycles. The van der Waals surface area contributed by atoms with Gasteiger partial charge in [-0.1, -0.05) is 18.2 Å². The van der Waals surface area contributed by atoms with Crippen molar-refractivity contribution in [2.75, 3.05) is 12.4 Å². The van der Waals surface area contributed by atoms with Gasteiger partial charge in [0.15, 0.2) is 0 Å². The van der Waals surface area contributed by atoms with Crippen molar-refractivity contribution in [2.24, 2.45) is 0 Å². The van der Waals surface area contributed by atoms with Gasteiger partial charge >= 0.3 is 0 Å². The van der Waals surface area contributed by atoms with Crippen LogP contribution in [0.4, 0.5) is 5.69 Å². The first-order valence-electron chi connectivity index (χ1n) is 6.48. The number of phenolic OH excluding ortho intramolecular Hbond substituents is 1. The van der Waals surface area contributed by atoms with E-state index in [1.54, 1.807) is 36.4 Å². The second kappa shape index (κ2) is 6.95. The first kappa shape index (κ1) is 15.1. The van der Waals surface area contributed by atoms with Gasteiger partial charge in [0.1, 0.15) is 23.1 Å². The molecule has 22 heavy (non-hydrogen) atoms.